The normalized spacial score (nSPS) is 9.69. The van der Waals surface area contributed by atoms with Gasteiger partial charge in [-0.15, -0.1) is 0 Å². The van der Waals surface area contributed by atoms with Crippen LogP contribution < -0.4 is 5.32 Å². The van der Waals surface area contributed by atoms with E-state index in [1.165, 1.54) is 23.1 Å². The molecule has 0 heterocycles. The van der Waals surface area contributed by atoms with E-state index in [1.807, 2.05) is 0 Å². The largest absolute Gasteiger partial charge is 0.478 e. The van der Waals surface area contributed by atoms with Crippen molar-refractivity contribution in [2.75, 3.05) is 19.4 Å². The van der Waals surface area contributed by atoms with Crippen LogP contribution in [0.4, 0.5) is 10.5 Å². The third-order valence-electron chi connectivity index (χ3n) is 1.86. The molecular weight excluding hydrogens is 232 g/mol. The van der Waals surface area contributed by atoms with Crippen molar-refractivity contribution in [2.45, 2.75) is 0 Å². The highest BCUT2D eigenvalue weighted by atomic mass is 35.5. The van der Waals surface area contributed by atoms with Crippen molar-refractivity contribution in [2.24, 2.45) is 0 Å². The molecule has 0 aliphatic heterocycles. The van der Waals surface area contributed by atoms with E-state index < -0.39 is 12.0 Å². The summed E-state index contributed by atoms with van der Waals surface area (Å²) in [4.78, 5) is 23.6. The molecular formula is C10H11ClN2O3. The lowest BCUT2D eigenvalue weighted by atomic mass is 10.2. The summed E-state index contributed by atoms with van der Waals surface area (Å²) in [7, 11) is 3.12. The summed E-state index contributed by atoms with van der Waals surface area (Å²) in [6.07, 6.45) is 0. The van der Waals surface area contributed by atoms with Gasteiger partial charge in [-0.2, -0.15) is 0 Å². The summed E-state index contributed by atoms with van der Waals surface area (Å²) < 4.78 is 0. The zero-order valence-corrected chi connectivity index (χ0v) is 9.58. The predicted octanol–water partition coefficient (Wildman–Crippen LogP) is 2.13. The van der Waals surface area contributed by atoms with Gasteiger partial charge in [0, 0.05) is 19.1 Å². The van der Waals surface area contributed by atoms with Gasteiger partial charge in [-0.25, -0.2) is 9.59 Å². The first-order chi connectivity index (χ1) is 7.41. The maximum absolute atomic E-state index is 11.4. The van der Waals surface area contributed by atoms with Crippen molar-refractivity contribution in [1.82, 2.24) is 4.90 Å². The van der Waals surface area contributed by atoms with E-state index >= 15 is 0 Å². The van der Waals surface area contributed by atoms with Gasteiger partial charge in [0.2, 0.25) is 0 Å². The quantitative estimate of drug-likeness (QED) is 0.835. The van der Waals surface area contributed by atoms with Crippen molar-refractivity contribution in [3.8, 4) is 0 Å². The molecule has 0 atom stereocenters. The van der Waals surface area contributed by atoms with Crippen molar-refractivity contribution in [3.63, 3.8) is 0 Å². The van der Waals surface area contributed by atoms with Gasteiger partial charge in [0.05, 0.1) is 11.3 Å². The first-order valence-electron chi connectivity index (χ1n) is 4.43. The molecule has 0 aromatic heterocycles. The molecule has 1 rings (SSSR count). The molecule has 0 radical (unpaired) electrons. The van der Waals surface area contributed by atoms with Crippen LogP contribution in [0.25, 0.3) is 0 Å². The molecule has 1 aromatic carbocycles. The maximum Gasteiger partial charge on any atom is 0.337 e. The monoisotopic (exact) mass is 242 g/mol. The maximum atomic E-state index is 11.4. The van der Waals surface area contributed by atoms with Crippen LogP contribution >= 0.6 is 11.6 Å². The molecule has 0 aliphatic carbocycles. The molecule has 86 valence electrons. The van der Waals surface area contributed by atoms with E-state index in [1.54, 1.807) is 14.1 Å². The van der Waals surface area contributed by atoms with E-state index in [4.69, 9.17) is 16.7 Å². The number of hydrogen-bond donors (Lipinski definition) is 2. The standard InChI is InChI=1S/C10H11ClN2O3/c1-13(2)10(16)12-8-4-3-6(11)5-7(8)9(14)15/h3-5H,1-2H3,(H,12,16)(H,14,15). The number of rotatable bonds is 2. The summed E-state index contributed by atoms with van der Waals surface area (Å²) in [5, 5.41) is 11.7. The second-order valence-electron chi connectivity index (χ2n) is 3.32. The Bertz CT molecular complexity index is 432. The van der Waals surface area contributed by atoms with Gasteiger partial charge in [0.25, 0.3) is 0 Å². The Hall–Kier alpha value is -1.75. The van der Waals surface area contributed by atoms with Crippen LogP contribution in [-0.2, 0) is 0 Å². The second kappa shape index (κ2) is 4.85. The number of hydrogen-bond acceptors (Lipinski definition) is 2. The number of carboxylic acid groups (broad SMARTS) is 1. The lowest BCUT2D eigenvalue weighted by Gasteiger charge is -2.13. The minimum atomic E-state index is -1.14. The van der Waals surface area contributed by atoms with Crippen LogP contribution in [0.1, 0.15) is 10.4 Å². The summed E-state index contributed by atoms with van der Waals surface area (Å²) in [6, 6.07) is 3.85. The van der Waals surface area contributed by atoms with Gasteiger partial charge >= 0.3 is 12.0 Å². The number of nitrogens with one attached hydrogen (secondary N) is 1. The first kappa shape index (κ1) is 12.3. The van der Waals surface area contributed by atoms with Crippen molar-refractivity contribution in [3.05, 3.63) is 28.8 Å². The Balaban J connectivity index is 3.04. The Labute approximate surface area is 97.6 Å². The lowest BCUT2D eigenvalue weighted by molar-refractivity contribution is 0.0698. The molecule has 16 heavy (non-hydrogen) atoms. The number of amides is 2. The summed E-state index contributed by atoms with van der Waals surface area (Å²) >= 11 is 5.67. The van der Waals surface area contributed by atoms with Crippen molar-refractivity contribution < 1.29 is 14.7 Å². The van der Waals surface area contributed by atoms with Crippen molar-refractivity contribution in [1.29, 1.82) is 0 Å². The average molecular weight is 243 g/mol. The molecule has 5 nitrogen and oxygen atoms in total. The van der Waals surface area contributed by atoms with Crippen molar-refractivity contribution >= 4 is 29.3 Å². The third kappa shape index (κ3) is 2.87. The third-order valence-corrected chi connectivity index (χ3v) is 2.09. The number of anilines is 1. The van der Waals surface area contributed by atoms with E-state index in [2.05, 4.69) is 5.32 Å². The number of carbonyl (C=O) groups excluding carboxylic acids is 1. The molecule has 1 aromatic rings. The SMILES string of the molecule is CN(C)C(=O)Nc1ccc(Cl)cc1C(=O)O. The predicted molar refractivity (Wildman–Crippen MR) is 61.1 cm³/mol. The molecule has 0 unspecified atom stereocenters. The Kier molecular flexibility index (Phi) is 3.73. The van der Waals surface area contributed by atoms with Gasteiger partial charge in [-0.05, 0) is 18.2 Å². The Morgan fingerprint density at radius 3 is 2.50 bits per heavy atom. The van der Waals surface area contributed by atoms with Crippen LogP contribution in [-0.4, -0.2) is 36.1 Å². The number of benzene rings is 1. The molecule has 2 amide bonds. The number of nitrogens with zero attached hydrogens (tertiary/aromatic N) is 1. The smallest absolute Gasteiger partial charge is 0.337 e. The highest BCUT2D eigenvalue weighted by Gasteiger charge is 2.13. The van der Waals surface area contributed by atoms with Crippen LogP contribution in [0.2, 0.25) is 5.02 Å². The number of carboxylic acids is 1. The average Bonchev–Trinajstić information content (AvgIpc) is 2.20. The number of halogens is 1. The molecule has 6 heteroatoms. The molecule has 0 spiro atoms. The molecule has 0 fully saturated rings. The summed E-state index contributed by atoms with van der Waals surface area (Å²) in [5.74, 6) is -1.14. The fraction of sp³-hybridized carbons (Fsp3) is 0.200. The van der Waals surface area contributed by atoms with Gasteiger partial charge in [0.1, 0.15) is 0 Å². The first-order valence-corrected chi connectivity index (χ1v) is 4.80. The highest BCUT2D eigenvalue weighted by molar-refractivity contribution is 6.31. The number of carbonyl (C=O) groups is 2. The molecule has 2 N–H and O–H groups in total. The molecule has 0 saturated carbocycles. The van der Waals surface area contributed by atoms with Crippen LogP contribution in [0.15, 0.2) is 18.2 Å². The minimum Gasteiger partial charge on any atom is -0.478 e. The highest BCUT2D eigenvalue weighted by Crippen LogP contribution is 2.20. The molecule has 0 aliphatic rings. The molecule has 0 bridgehead atoms. The van der Waals surface area contributed by atoms with E-state index in [0.717, 1.165) is 0 Å². The van der Waals surface area contributed by atoms with Gasteiger partial charge in [-0.3, -0.25) is 0 Å². The van der Waals surface area contributed by atoms with E-state index in [-0.39, 0.29) is 11.3 Å². The van der Waals surface area contributed by atoms with E-state index in [0.29, 0.717) is 5.02 Å². The Morgan fingerprint density at radius 1 is 1.38 bits per heavy atom. The minimum absolute atomic E-state index is 0.0392. The van der Waals surface area contributed by atoms with Gasteiger partial charge < -0.3 is 15.3 Å². The van der Waals surface area contributed by atoms with Crippen LogP contribution in [0, 0.1) is 0 Å². The number of urea groups is 1. The summed E-state index contributed by atoms with van der Waals surface area (Å²) in [5.41, 5.74) is 0.179. The Morgan fingerprint density at radius 2 is 2.00 bits per heavy atom. The number of aromatic carboxylic acids is 1. The van der Waals surface area contributed by atoms with Gasteiger partial charge in [0.15, 0.2) is 0 Å². The fourth-order valence-electron chi connectivity index (χ4n) is 1.03. The summed E-state index contributed by atoms with van der Waals surface area (Å²) in [6.45, 7) is 0. The fourth-order valence-corrected chi connectivity index (χ4v) is 1.20. The lowest BCUT2D eigenvalue weighted by Crippen LogP contribution is -2.28. The van der Waals surface area contributed by atoms with Crippen LogP contribution in [0.3, 0.4) is 0 Å². The molecule has 0 saturated heterocycles. The van der Waals surface area contributed by atoms with E-state index in [9.17, 15) is 9.59 Å². The van der Waals surface area contributed by atoms with Gasteiger partial charge in [-0.1, -0.05) is 11.6 Å². The zero-order chi connectivity index (χ0) is 12.3. The topological polar surface area (TPSA) is 69.6 Å². The van der Waals surface area contributed by atoms with Crippen LogP contribution in [0.5, 0.6) is 0 Å². The second-order valence-corrected chi connectivity index (χ2v) is 3.76. The zero-order valence-electron chi connectivity index (χ0n) is 8.82.